The number of nitrogens with two attached hydrogens (primary N) is 5. The summed E-state index contributed by atoms with van der Waals surface area (Å²) in [5.74, 6) is -21.5. The number of carbonyl (C=O) groups is 18. The van der Waals surface area contributed by atoms with Crippen LogP contribution in [0, 0.1) is 5.41 Å². The van der Waals surface area contributed by atoms with Gasteiger partial charge in [-0.1, -0.05) is 72.8 Å². The second-order valence-electron chi connectivity index (χ2n) is 29.0. The van der Waals surface area contributed by atoms with Gasteiger partial charge >= 0.3 is 5.97 Å². The average molecular weight is 1660 g/mol. The lowest BCUT2D eigenvalue weighted by molar-refractivity contribution is -0.144. The van der Waals surface area contributed by atoms with E-state index in [0.717, 1.165) is 27.7 Å². The lowest BCUT2D eigenvalue weighted by Gasteiger charge is -2.31. The largest absolute Gasteiger partial charge is 0.497 e. The first-order valence-electron chi connectivity index (χ1n) is 37.9. The van der Waals surface area contributed by atoms with Crippen LogP contribution in [0.25, 0.3) is 21.7 Å². The van der Waals surface area contributed by atoms with Gasteiger partial charge in [-0.15, -0.1) is 0 Å². The molecule has 2 heterocycles. The van der Waals surface area contributed by atoms with Crippen LogP contribution < -0.4 is 108 Å². The molecule has 1 aliphatic rings. The Hall–Kier alpha value is -13.8. The minimum atomic E-state index is -2.21. The number of carbonyl (C=O) groups excluding carboxylic acids is 17. The standard InChI is InChI=1S/C77H103N21O21/c1-38(99)63-73(115)94-52(32-43-37-86-47-19-9-8-18-46(43)47)68(110)89-50(26-27-58(78)101)66(108)88-49(21-13-29-85-76(82)83)65(107)90-51(30-40-22-24-44(119-5)25-23-40)67(109)91-53(31-42-16-12-15-41-14-6-7-17-45(41)42)72(114)98-77(3,4)75(118)96-56(70(112)93-54(33-59(79)102)69(111)95-57(74(116)117)35-61(81)104)36-62(105)84-28-11-10-20-48(87-39(2)100)64(106)92-55(34-60(80)103)71(113)97-63/h6-9,12,14-19,22-25,37-38,48-57,63,86,99H,10-11,13,20-21,26-36H2,1-5H3,(H2,78,101)(H2,79,102)(H2,80,103)(H2,81,104)(H,84,105)(H,87,100)(H,88,108)(H,89,110)(H,90,107)(H,91,109)(H,92,106)(H,93,112)(H,94,115)(H,95,111)(H,96,118)(H,97,113)(H,98,114)(H,116,117)(H4,82,83,85)/t38-,48?,49+,50+,51+,52+,53+,54+,55+,56-,57+,63?/m1/s1. The van der Waals surface area contributed by atoms with E-state index in [1.54, 1.807) is 91.0 Å². The number of hydrogen-bond donors (Lipinski definition) is 23. The van der Waals surface area contributed by atoms with Crippen LogP contribution in [0.3, 0.4) is 0 Å². The molecule has 1 aromatic heterocycles. The number of carboxylic acid groups (broad SMARTS) is 1. The third-order valence-electron chi connectivity index (χ3n) is 18.9. The van der Waals surface area contributed by atoms with Crippen LogP contribution in [0.1, 0.15) is 115 Å². The minimum absolute atomic E-state index is 0.0437. The van der Waals surface area contributed by atoms with Crippen molar-refractivity contribution in [2.24, 2.45) is 28.7 Å². The lowest BCUT2D eigenvalue weighted by Crippen LogP contribution is -2.64. The van der Waals surface area contributed by atoms with Crippen LogP contribution in [-0.4, -0.2) is 226 Å². The predicted octanol–water partition coefficient (Wildman–Crippen LogP) is -6.08. The van der Waals surface area contributed by atoms with Gasteiger partial charge in [-0.2, -0.15) is 0 Å². The Bertz CT molecular complexity index is 4590. The van der Waals surface area contributed by atoms with Crippen molar-refractivity contribution in [3.63, 3.8) is 0 Å². The molecule has 1 fully saturated rings. The molecule has 0 spiro atoms. The molecule has 642 valence electrons. The summed E-state index contributed by atoms with van der Waals surface area (Å²) in [7, 11) is 1.40. The highest BCUT2D eigenvalue weighted by Crippen LogP contribution is 2.23. The fourth-order valence-corrected chi connectivity index (χ4v) is 12.7. The topological polar surface area (TPSA) is 695 Å². The molecule has 17 amide bonds. The molecule has 28 N–H and O–H groups in total. The number of benzene rings is 4. The van der Waals surface area contributed by atoms with Crippen LogP contribution in [0.4, 0.5) is 0 Å². The Kier molecular flexibility index (Phi) is 35.5. The number of amides is 17. The number of ether oxygens (including phenoxy) is 1. The summed E-state index contributed by atoms with van der Waals surface area (Å²) >= 11 is 0. The van der Waals surface area contributed by atoms with E-state index in [4.69, 9.17) is 38.8 Å². The number of nitrogens with one attached hydrogen (secondary N) is 16. The normalized spacial score (nSPS) is 21.4. The number of rotatable bonds is 27. The number of fused-ring (bicyclic) bond motifs is 2. The highest BCUT2D eigenvalue weighted by atomic mass is 16.5. The third-order valence-corrected chi connectivity index (χ3v) is 18.9. The van der Waals surface area contributed by atoms with Gasteiger partial charge in [-0.25, -0.2) is 4.79 Å². The smallest absolute Gasteiger partial charge is 0.326 e. The fraction of sp³-hybridized carbons (Fsp3) is 0.442. The molecule has 2 unspecified atom stereocenters. The summed E-state index contributed by atoms with van der Waals surface area (Å²) in [5, 5.41) is 64.9. The van der Waals surface area contributed by atoms with Crippen LogP contribution >= 0.6 is 0 Å². The van der Waals surface area contributed by atoms with Gasteiger partial charge < -0.3 is 123 Å². The zero-order valence-electron chi connectivity index (χ0n) is 66.0. The predicted molar refractivity (Wildman–Crippen MR) is 425 cm³/mol. The maximum atomic E-state index is 15.5. The van der Waals surface area contributed by atoms with Gasteiger partial charge in [0.1, 0.15) is 77.7 Å². The van der Waals surface area contributed by atoms with Crippen molar-refractivity contribution in [2.75, 3.05) is 20.2 Å². The van der Waals surface area contributed by atoms with Crippen molar-refractivity contribution < 1.29 is 101 Å². The number of aliphatic hydroxyl groups excluding tert-OH is 1. The van der Waals surface area contributed by atoms with Gasteiger partial charge in [-0.05, 0) is 105 Å². The number of aliphatic carboxylic acids is 1. The highest BCUT2D eigenvalue weighted by molar-refractivity contribution is 6.03. The number of methoxy groups -OCH3 is 1. The molecule has 1 saturated heterocycles. The molecule has 1 aliphatic heterocycles. The van der Waals surface area contributed by atoms with E-state index in [0.29, 0.717) is 44.1 Å². The summed E-state index contributed by atoms with van der Waals surface area (Å²) < 4.78 is 5.37. The lowest BCUT2D eigenvalue weighted by atomic mass is 9.96. The van der Waals surface area contributed by atoms with E-state index < -0.39 is 235 Å². The summed E-state index contributed by atoms with van der Waals surface area (Å²) in [5.41, 5.74) is 27.0. The van der Waals surface area contributed by atoms with Gasteiger partial charge in [0.15, 0.2) is 5.96 Å². The van der Waals surface area contributed by atoms with Gasteiger partial charge in [0.05, 0.1) is 38.9 Å². The molecule has 0 aliphatic carbocycles. The van der Waals surface area contributed by atoms with Crippen LogP contribution in [0.2, 0.25) is 0 Å². The molecule has 42 nitrogen and oxygen atoms in total. The number of para-hydroxylation sites is 1. The van der Waals surface area contributed by atoms with E-state index in [-0.39, 0.29) is 58.0 Å². The Morgan fingerprint density at radius 3 is 1.75 bits per heavy atom. The molecule has 6 rings (SSSR count). The third kappa shape index (κ3) is 30.1. The molecule has 5 aromatic rings. The molecule has 42 heteroatoms. The quantitative estimate of drug-likeness (QED) is 0.0132. The molecular formula is C77H103N21O21. The molecule has 119 heavy (non-hydrogen) atoms. The van der Waals surface area contributed by atoms with E-state index >= 15 is 24.0 Å². The van der Waals surface area contributed by atoms with E-state index in [9.17, 15) is 72.5 Å². The van der Waals surface area contributed by atoms with Crippen molar-refractivity contribution in [1.29, 1.82) is 5.41 Å². The second kappa shape index (κ2) is 44.9. The maximum Gasteiger partial charge on any atom is 0.326 e. The van der Waals surface area contributed by atoms with Crippen molar-refractivity contribution in [1.82, 2.24) is 79.4 Å². The fourth-order valence-electron chi connectivity index (χ4n) is 12.7. The monoisotopic (exact) mass is 1660 g/mol. The first-order chi connectivity index (χ1) is 56.2. The zero-order chi connectivity index (χ0) is 88.0. The number of aromatic nitrogens is 1. The number of primary amides is 4. The molecule has 0 bridgehead atoms. The van der Waals surface area contributed by atoms with E-state index in [2.05, 4.69) is 74.1 Å². The number of aliphatic hydroxyl groups is 1. The van der Waals surface area contributed by atoms with Gasteiger partial charge in [-0.3, -0.25) is 86.9 Å². The Labute approximate surface area is 681 Å². The number of carboxylic acids is 1. The Balaban J connectivity index is 1.50. The number of aromatic amines is 1. The molecule has 12 atom stereocenters. The van der Waals surface area contributed by atoms with E-state index in [1.807, 2.05) is 5.32 Å². The van der Waals surface area contributed by atoms with Gasteiger partial charge in [0.2, 0.25) is 100 Å². The number of H-pyrrole nitrogens is 1. The van der Waals surface area contributed by atoms with Crippen LogP contribution in [0.5, 0.6) is 5.75 Å². The van der Waals surface area contributed by atoms with Crippen molar-refractivity contribution >= 4 is 134 Å². The van der Waals surface area contributed by atoms with Crippen LogP contribution in [0.15, 0.2) is 97.2 Å². The Morgan fingerprint density at radius 1 is 0.588 bits per heavy atom. The zero-order valence-corrected chi connectivity index (χ0v) is 66.0. The van der Waals surface area contributed by atoms with E-state index in [1.165, 1.54) is 13.3 Å². The average Bonchev–Trinajstić information content (AvgIpc) is 1.28. The van der Waals surface area contributed by atoms with Crippen LogP contribution in [-0.2, 0) is 106 Å². The molecule has 4 aromatic carbocycles. The van der Waals surface area contributed by atoms with Gasteiger partial charge in [0, 0.05) is 62.8 Å². The maximum absolute atomic E-state index is 15.5. The molecular weight excluding hydrogens is 1550 g/mol. The summed E-state index contributed by atoms with van der Waals surface area (Å²) in [4.78, 5) is 254. The summed E-state index contributed by atoms with van der Waals surface area (Å²) in [6.45, 7) is 4.04. The minimum Gasteiger partial charge on any atom is -0.497 e. The molecule has 0 saturated carbocycles. The number of hydrogen-bond acceptors (Lipinski definition) is 21. The first kappa shape index (κ1) is 94.0. The van der Waals surface area contributed by atoms with Crippen molar-refractivity contribution in [3.05, 3.63) is 114 Å². The first-order valence-corrected chi connectivity index (χ1v) is 37.9. The van der Waals surface area contributed by atoms with Crippen molar-refractivity contribution in [2.45, 2.75) is 196 Å². The number of guanidine groups is 1. The molecule has 0 radical (unpaired) electrons. The summed E-state index contributed by atoms with van der Waals surface area (Å²) in [6, 6.07) is 4.58. The van der Waals surface area contributed by atoms with Gasteiger partial charge in [0.25, 0.3) is 0 Å². The van der Waals surface area contributed by atoms with Crippen molar-refractivity contribution in [3.8, 4) is 5.75 Å². The highest BCUT2D eigenvalue weighted by Gasteiger charge is 2.41. The second-order valence-corrected chi connectivity index (χ2v) is 29.0. The SMILES string of the molecule is COc1ccc(C[C@@H]2NC(=O)[C@H](CCCNC(=N)N)NC(=O)[C@H](CCC(N)=O)NC(=O)[C@H](Cc3c[nH]c4ccccc34)NC(=O)C([C@@H](C)O)NC(=O)[C@H](CC(N)=O)NC(=O)C(NC(C)=O)CCCCNC(=O)C[C@H](C(=O)N[C@@H](CC(N)=O)C(=O)N[C@@H](CC(N)=O)C(=O)O)NC(=O)C(C)(C)NC(=O)[C@H](Cc3cccc4ccccc34)NC2=O)cc1. The summed E-state index contributed by atoms with van der Waals surface area (Å²) in [6.07, 6.45) is -7.39. The Morgan fingerprint density at radius 2 is 1.14 bits per heavy atom.